The molecule has 0 saturated heterocycles. The summed E-state index contributed by atoms with van der Waals surface area (Å²) in [5, 5.41) is 19.7. The van der Waals surface area contributed by atoms with Gasteiger partial charge in [0.15, 0.2) is 5.76 Å². The topological polar surface area (TPSA) is 90.3 Å². The van der Waals surface area contributed by atoms with Crippen molar-refractivity contribution in [2.75, 3.05) is 13.1 Å². The molecule has 3 rings (SSSR count). The molecule has 0 spiro atoms. The highest BCUT2D eigenvalue weighted by atomic mass is 16.5. The minimum Gasteiger partial charge on any atom is -0.486 e. The second-order valence-electron chi connectivity index (χ2n) is 6.17. The fourth-order valence-corrected chi connectivity index (χ4v) is 2.82. The highest BCUT2D eigenvalue weighted by Crippen LogP contribution is 2.22. The smallest absolute Gasteiger partial charge is 0.289 e. The summed E-state index contributed by atoms with van der Waals surface area (Å²) in [5.41, 5.74) is 0. The number of nitrogens with zero attached hydrogens (tertiary/aromatic N) is 3. The number of rotatable bonds is 8. The number of ether oxygens (including phenoxy) is 1. The fraction of sp³-hybridized carbons (Fsp3) is 0.227. The highest BCUT2D eigenvalue weighted by molar-refractivity contribution is 5.91. The first-order chi connectivity index (χ1) is 13.7. The van der Waals surface area contributed by atoms with Crippen molar-refractivity contribution in [2.24, 2.45) is 0 Å². The van der Waals surface area contributed by atoms with E-state index in [0.29, 0.717) is 11.5 Å². The predicted octanol–water partition coefficient (Wildman–Crippen LogP) is 4.28. The van der Waals surface area contributed by atoms with Crippen LogP contribution in [0.25, 0.3) is 10.8 Å². The quantitative estimate of drug-likeness (QED) is 0.588. The molecule has 28 heavy (non-hydrogen) atoms. The van der Waals surface area contributed by atoms with Crippen LogP contribution in [0.2, 0.25) is 0 Å². The lowest BCUT2D eigenvalue weighted by molar-refractivity contribution is 0.0726. The van der Waals surface area contributed by atoms with Gasteiger partial charge in [0.1, 0.15) is 18.1 Å². The molecule has 140 valence electrons. The van der Waals surface area contributed by atoms with E-state index < -0.39 is 0 Å². The monoisotopic (exact) mass is 373 g/mol. The van der Waals surface area contributed by atoms with Crippen molar-refractivity contribution in [3.05, 3.63) is 66.1 Å². The minimum absolute atomic E-state index is 0.174. The van der Waals surface area contributed by atoms with E-state index in [1.54, 1.807) is 12.1 Å². The third kappa shape index (κ3) is 4.69. The average Bonchev–Trinajstić information content (AvgIpc) is 3.21. The Balaban J connectivity index is 1.64. The van der Waals surface area contributed by atoms with Gasteiger partial charge in [0.2, 0.25) is 0 Å². The standard InChI is InChI=1S/C22H19N3O3/c23-11-3-13-25(14-4-12-24)22(26)21-10-9-20(28-21)16-27-19-8-7-17-5-1-2-6-18(17)15-19/h1-2,5-10,15H,3-4,13-14,16H2. The first kappa shape index (κ1) is 19.0. The Morgan fingerprint density at radius 2 is 1.68 bits per heavy atom. The third-order valence-electron chi connectivity index (χ3n) is 4.25. The number of nitriles is 2. The predicted molar refractivity (Wildman–Crippen MR) is 103 cm³/mol. The Labute approximate surface area is 163 Å². The van der Waals surface area contributed by atoms with E-state index in [1.807, 2.05) is 54.6 Å². The Kier molecular flexibility index (Phi) is 6.28. The Bertz CT molecular complexity index is 1020. The second kappa shape index (κ2) is 9.25. The van der Waals surface area contributed by atoms with Crippen LogP contribution in [-0.2, 0) is 6.61 Å². The van der Waals surface area contributed by atoms with Gasteiger partial charge in [0.05, 0.1) is 25.0 Å². The van der Waals surface area contributed by atoms with Gasteiger partial charge in [-0.25, -0.2) is 0 Å². The van der Waals surface area contributed by atoms with Crippen LogP contribution in [0.15, 0.2) is 59.0 Å². The first-order valence-electron chi connectivity index (χ1n) is 8.95. The summed E-state index contributed by atoms with van der Waals surface area (Å²) in [7, 11) is 0. The molecular weight excluding hydrogens is 354 g/mol. The summed E-state index contributed by atoms with van der Waals surface area (Å²) < 4.78 is 11.4. The van der Waals surface area contributed by atoms with Crippen LogP contribution >= 0.6 is 0 Å². The summed E-state index contributed by atoms with van der Waals surface area (Å²) >= 11 is 0. The number of furan rings is 1. The van der Waals surface area contributed by atoms with Crippen LogP contribution in [0, 0.1) is 22.7 Å². The van der Waals surface area contributed by atoms with E-state index in [-0.39, 0.29) is 44.2 Å². The fourth-order valence-electron chi connectivity index (χ4n) is 2.82. The molecule has 0 N–H and O–H groups in total. The minimum atomic E-state index is -0.331. The average molecular weight is 373 g/mol. The van der Waals surface area contributed by atoms with Gasteiger partial charge in [-0.2, -0.15) is 10.5 Å². The van der Waals surface area contributed by atoms with E-state index >= 15 is 0 Å². The van der Waals surface area contributed by atoms with Crippen LogP contribution in [0.5, 0.6) is 5.75 Å². The number of carbonyl (C=O) groups is 1. The van der Waals surface area contributed by atoms with Crippen molar-refractivity contribution in [1.29, 1.82) is 10.5 Å². The van der Waals surface area contributed by atoms with Gasteiger partial charge >= 0.3 is 0 Å². The number of fused-ring (bicyclic) bond motifs is 1. The van der Waals surface area contributed by atoms with Crippen LogP contribution in [-0.4, -0.2) is 23.9 Å². The lowest BCUT2D eigenvalue weighted by Crippen LogP contribution is -2.32. The zero-order valence-corrected chi connectivity index (χ0v) is 15.3. The highest BCUT2D eigenvalue weighted by Gasteiger charge is 2.19. The molecule has 1 amide bonds. The van der Waals surface area contributed by atoms with Gasteiger partial charge in [-0.1, -0.05) is 30.3 Å². The summed E-state index contributed by atoms with van der Waals surface area (Å²) in [6.45, 7) is 0.725. The second-order valence-corrected chi connectivity index (χ2v) is 6.17. The van der Waals surface area contributed by atoms with Crippen molar-refractivity contribution in [2.45, 2.75) is 19.4 Å². The lowest BCUT2D eigenvalue weighted by atomic mass is 10.1. The maximum Gasteiger partial charge on any atom is 0.289 e. The number of amides is 1. The maximum atomic E-state index is 12.6. The van der Waals surface area contributed by atoms with Crippen molar-refractivity contribution in [3.8, 4) is 17.9 Å². The molecular formula is C22H19N3O3. The Morgan fingerprint density at radius 1 is 0.964 bits per heavy atom. The van der Waals surface area contributed by atoms with E-state index in [1.165, 1.54) is 4.90 Å². The third-order valence-corrected chi connectivity index (χ3v) is 4.25. The van der Waals surface area contributed by atoms with E-state index in [4.69, 9.17) is 19.7 Å². The molecule has 0 aliphatic rings. The molecule has 1 aromatic heterocycles. The van der Waals surface area contributed by atoms with Crippen molar-refractivity contribution in [3.63, 3.8) is 0 Å². The zero-order chi connectivity index (χ0) is 19.8. The van der Waals surface area contributed by atoms with Gasteiger partial charge in [0.25, 0.3) is 5.91 Å². The molecule has 0 fully saturated rings. The SMILES string of the molecule is N#CCCN(CCC#N)C(=O)c1ccc(COc2ccc3ccccc3c2)o1. The summed E-state index contributed by atoms with van der Waals surface area (Å²) in [6, 6.07) is 21.2. The number of hydrogen-bond acceptors (Lipinski definition) is 5. The van der Waals surface area contributed by atoms with Crippen molar-refractivity contribution < 1.29 is 13.9 Å². The molecule has 2 aromatic carbocycles. The molecule has 3 aromatic rings. The molecule has 6 nitrogen and oxygen atoms in total. The lowest BCUT2D eigenvalue weighted by Gasteiger charge is -2.18. The zero-order valence-electron chi connectivity index (χ0n) is 15.3. The largest absolute Gasteiger partial charge is 0.486 e. The van der Waals surface area contributed by atoms with Crippen LogP contribution in [0.4, 0.5) is 0 Å². The van der Waals surface area contributed by atoms with Gasteiger partial charge in [-0.05, 0) is 35.0 Å². The van der Waals surface area contributed by atoms with Gasteiger partial charge < -0.3 is 14.1 Å². The maximum absolute atomic E-state index is 12.6. The summed E-state index contributed by atoms with van der Waals surface area (Å²) in [6.07, 6.45) is 0.408. The molecule has 0 aliphatic heterocycles. The number of benzene rings is 2. The van der Waals surface area contributed by atoms with Gasteiger partial charge in [-0.3, -0.25) is 4.79 Å². The summed E-state index contributed by atoms with van der Waals surface area (Å²) in [5.74, 6) is 1.08. The molecule has 0 bridgehead atoms. The van der Waals surface area contributed by atoms with E-state index in [2.05, 4.69) is 0 Å². The van der Waals surface area contributed by atoms with Gasteiger partial charge in [-0.15, -0.1) is 0 Å². The molecule has 1 heterocycles. The first-order valence-corrected chi connectivity index (χ1v) is 8.95. The van der Waals surface area contributed by atoms with Crippen molar-refractivity contribution >= 4 is 16.7 Å². The normalized spacial score (nSPS) is 10.2. The number of carbonyl (C=O) groups excluding carboxylic acids is 1. The molecule has 0 aliphatic carbocycles. The molecule has 0 unspecified atom stereocenters. The van der Waals surface area contributed by atoms with Crippen LogP contribution in [0.1, 0.15) is 29.2 Å². The molecule has 6 heteroatoms. The Morgan fingerprint density at radius 3 is 2.39 bits per heavy atom. The molecule has 0 saturated carbocycles. The van der Waals surface area contributed by atoms with Crippen LogP contribution in [0.3, 0.4) is 0 Å². The van der Waals surface area contributed by atoms with E-state index in [9.17, 15) is 4.79 Å². The molecule has 0 radical (unpaired) electrons. The van der Waals surface area contributed by atoms with Gasteiger partial charge in [0, 0.05) is 13.1 Å². The molecule has 0 atom stereocenters. The van der Waals surface area contributed by atoms with Crippen LogP contribution < -0.4 is 4.74 Å². The Hall–Kier alpha value is -3.77. The summed E-state index contributed by atoms with van der Waals surface area (Å²) in [4.78, 5) is 14.0. The van der Waals surface area contributed by atoms with Crippen molar-refractivity contribution in [1.82, 2.24) is 4.90 Å². The number of hydrogen-bond donors (Lipinski definition) is 0. The van der Waals surface area contributed by atoms with E-state index in [0.717, 1.165) is 10.8 Å².